The second-order valence-corrected chi connectivity index (χ2v) is 7.07. The van der Waals surface area contributed by atoms with Crippen LogP contribution in [0.1, 0.15) is 34.3 Å². The minimum absolute atomic E-state index is 0.0708. The molecule has 0 unspecified atom stereocenters. The van der Waals surface area contributed by atoms with Gasteiger partial charge in [0.05, 0.1) is 5.56 Å². The summed E-state index contributed by atoms with van der Waals surface area (Å²) in [5.74, 6) is 0.285. The van der Waals surface area contributed by atoms with Crippen molar-refractivity contribution in [3.63, 3.8) is 0 Å². The van der Waals surface area contributed by atoms with Gasteiger partial charge in [0.15, 0.2) is 0 Å². The van der Waals surface area contributed by atoms with E-state index >= 15 is 0 Å². The number of benzene rings is 3. The number of amides is 1. The number of carbonyl (C=O) groups excluding carboxylic acids is 1. The zero-order valence-corrected chi connectivity index (χ0v) is 15.5. The van der Waals surface area contributed by atoms with Gasteiger partial charge in [-0.15, -0.1) is 0 Å². The maximum Gasteiger partial charge on any atom is 0.257 e. The molecule has 0 aromatic heterocycles. The quantitative estimate of drug-likeness (QED) is 0.703. The number of anilines is 1. The first-order valence-electron chi connectivity index (χ1n) is 9.49. The summed E-state index contributed by atoms with van der Waals surface area (Å²) in [5.41, 5.74) is 4.15. The molecule has 0 bridgehead atoms. The van der Waals surface area contributed by atoms with E-state index in [1.54, 1.807) is 0 Å². The summed E-state index contributed by atoms with van der Waals surface area (Å²) in [6, 6.07) is 28.5. The summed E-state index contributed by atoms with van der Waals surface area (Å²) in [5, 5.41) is 3.62. The van der Waals surface area contributed by atoms with E-state index in [2.05, 4.69) is 48.6 Å². The molecule has 0 saturated heterocycles. The summed E-state index contributed by atoms with van der Waals surface area (Å²) in [4.78, 5) is 15.3. The highest BCUT2D eigenvalue weighted by Gasteiger charge is 2.35. The Hall–Kier alpha value is -3.07. The van der Waals surface area contributed by atoms with Crippen molar-refractivity contribution >= 4 is 11.6 Å². The molecule has 3 aromatic carbocycles. The third-order valence-electron chi connectivity index (χ3n) is 5.34. The summed E-state index contributed by atoms with van der Waals surface area (Å²) < 4.78 is 0. The van der Waals surface area contributed by atoms with Crippen molar-refractivity contribution in [2.45, 2.75) is 25.4 Å². The van der Waals surface area contributed by atoms with Gasteiger partial charge in [-0.1, -0.05) is 79.7 Å². The van der Waals surface area contributed by atoms with Gasteiger partial charge in [-0.2, -0.15) is 0 Å². The lowest BCUT2D eigenvalue weighted by atomic mass is 9.93. The minimum atomic E-state index is -0.0708. The van der Waals surface area contributed by atoms with Crippen molar-refractivity contribution < 1.29 is 4.79 Å². The van der Waals surface area contributed by atoms with Gasteiger partial charge in [-0.3, -0.25) is 4.79 Å². The number of hydrogen-bond donors (Lipinski definition) is 1. The fourth-order valence-electron chi connectivity index (χ4n) is 3.78. The molecular formula is C24H24N2O. The predicted octanol–water partition coefficient (Wildman–Crippen LogP) is 4.93. The number of rotatable bonds is 5. The average Bonchev–Trinajstić information content (AvgIpc) is 2.74. The maximum absolute atomic E-state index is 13.3. The van der Waals surface area contributed by atoms with E-state index in [4.69, 9.17) is 0 Å². The first kappa shape index (κ1) is 17.3. The summed E-state index contributed by atoms with van der Waals surface area (Å²) >= 11 is 0. The number of nitrogens with zero attached hydrogens (tertiary/aromatic N) is 1. The van der Waals surface area contributed by atoms with Crippen LogP contribution in [0.15, 0.2) is 84.9 Å². The fourth-order valence-corrected chi connectivity index (χ4v) is 3.78. The molecule has 0 saturated carbocycles. The SMILES string of the molecule is C[C@H](c1ccccc1)[C@@H]1Nc2ccccc2C(=O)N1CCc1ccccc1. The Morgan fingerprint density at radius 2 is 1.52 bits per heavy atom. The molecule has 3 nitrogen and oxygen atoms in total. The van der Waals surface area contributed by atoms with Crippen molar-refractivity contribution in [1.82, 2.24) is 4.90 Å². The van der Waals surface area contributed by atoms with Crippen LogP contribution in [0.3, 0.4) is 0 Å². The molecule has 0 aliphatic carbocycles. The van der Waals surface area contributed by atoms with Crippen molar-refractivity contribution in [3.8, 4) is 0 Å². The summed E-state index contributed by atoms with van der Waals surface area (Å²) in [6.07, 6.45) is 0.771. The first-order chi connectivity index (χ1) is 13.2. The molecule has 1 aliphatic heterocycles. The molecule has 1 amide bonds. The maximum atomic E-state index is 13.3. The van der Waals surface area contributed by atoms with Gasteiger partial charge >= 0.3 is 0 Å². The average molecular weight is 356 g/mol. The number of fused-ring (bicyclic) bond motifs is 1. The summed E-state index contributed by atoms with van der Waals surface area (Å²) in [7, 11) is 0. The second kappa shape index (κ2) is 7.67. The number of nitrogens with one attached hydrogen (secondary N) is 1. The molecule has 27 heavy (non-hydrogen) atoms. The van der Waals surface area contributed by atoms with Crippen LogP contribution >= 0.6 is 0 Å². The largest absolute Gasteiger partial charge is 0.364 e. The van der Waals surface area contributed by atoms with Crippen molar-refractivity contribution in [1.29, 1.82) is 0 Å². The lowest BCUT2D eigenvalue weighted by Gasteiger charge is -2.41. The predicted molar refractivity (Wildman–Crippen MR) is 110 cm³/mol. The molecular weight excluding hydrogens is 332 g/mol. The fraction of sp³-hybridized carbons (Fsp3) is 0.208. The highest BCUT2D eigenvalue weighted by molar-refractivity contribution is 6.01. The van der Waals surface area contributed by atoms with Crippen LogP contribution in [0, 0.1) is 0 Å². The molecule has 2 atom stereocenters. The van der Waals surface area contributed by atoms with Crippen molar-refractivity contribution in [3.05, 3.63) is 102 Å². The van der Waals surface area contributed by atoms with Crippen molar-refractivity contribution in [2.24, 2.45) is 0 Å². The normalized spacial score (nSPS) is 17.1. The number of para-hydroxylation sites is 1. The highest BCUT2D eigenvalue weighted by atomic mass is 16.2. The van der Waals surface area contributed by atoms with Crippen LogP contribution in [-0.2, 0) is 6.42 Å². The van der Waals surface area contributed by atoms with E-state index in [9.17, 15) is 4.79 Å². The third-order valence-corrected chi connectivity index (χ3v) is 5.34. The van der Waals surface area contributed by atoms with Crippen LogP contribution in [0.25, 0.3) is 0 Å². The third kappa shape index (κ3) is 3.59. The van der Waals surface area contributed by atoms with Gasteiger partial charge in [-0.25, -0.2) is 0 Å². The van der Waals surface area contributed by atoms with Crippen LogP contribution in [0.4, 0.5) is 5.69 Å². The topological polar surface area (TPSA) is 32.3 Å². The van der Waals surface area contributed by atoms with Crippen LogP contribution in [0.2, 0.25) is 0 Å². The molecule has 1 N–H and O–H groups in total. The van der Waals surface area contributed by atoms with Gasteiger partial charge in [0.2, 0.25) is 0 Å². The van der Waals surface area contributed by atoms with Gasteiger partial charge in [0.25, 0.3) is 5.91 Å². The Labute approximate surface area is 160 Å². The lowest BCUT2D eigenvalue weighted by molar-refractivity contribution is 0.0666. The number of carbonyl (C=O) groups is 1. The lowest BCUT2D eigenvalue weighted by Crippen LogP contribution is -2.52. The van der Waals surface area contributed by atoms with E-state index in [0.29, 0.717) is 6.54 Å². The van der Waals surface area contributed by atoms with Gasteiger partial charge in [0.1, 0.15) is 6.17 Å². The first-order valence-corrected chi connectivity index (χ1v) is 9.49. The van der Waals surface area contributed by atoms with E-state index in [1.807, 2.05) is 53.4 Å². The molecule has 4 rings (SSSR count). The van der Waals surface area contributed by atoms with E-state index in [-0.39, 0.29) is 18.0 Å². The molecule has 3 aromatic rings. The zero-order chi connectivity index (χ0) is 18.6. The summed E-state index contributed by atoms with van der Waals surface area (Å²) in [6.45, 7) is 2.87. The minimum Gasteiger partial charge on any atom is -0.364 e. The Morgan fingerprint density at radius 1 is 0.889 bits per heavy atom. The Kier molecular flexibility index (Phi) is 4.93. The monoisotopic (exact) mass is 356 g/mol. The zero-order valence-electron chi connectivity index (χ0n) is 15.5. The van der Waals surface area contributed by atoms with E-state index < -0.39 is 0 Å². The standard InChI is InChI=1S/C24H24N2O/c1-18(20-12-6-3-7-13-20)23-25-22-15-9-8-14-21(22)24(27)26(23)17-16-19-10-4-2-5-11-19/h2-15,18,23,25H,16-17H2,1H3/t18-,23-/m1/s1. The highest BCUT2D eigenvalue weighted by Crippen LogP contribution is 2.32. The molecule has 1 aliphatic rings. The Balaban J connectivity index is 1.64. The smallest absolute Gasteiger partial charge is 0.257 e. The molecule has 0 spiro atoms. The van der Waals surface area contributed by atoms with Crippen LogP contribution in [-0.4, -0.2) is 23.5 Å². The van der Waals surface area contributed by atoms with Gasteiger partial charge in [0, 0.05) is 18.2 Å². The Morgan fingerprint density at radius 3 is 2.26 bits per heavy atom. The second-order valence-electron chi connectivity index (χ2n) is 7.07. The molecule has 0 fully saturated rings. The molecule has 0 radical (unpaired) electrons. The number of hydrogen-bond acceptors (Lipinski definition) is 2. The van der Waals surface area contributed by atoms with Crippen LogP contribution < -0.4 is 5.32 Å². The Bertz CT molecular complexity index is 908. The van der Waals surface area contributed by atoms with Gasteiger partial charge < -0.3 is 10.2 Å². The van der Waals surface area contributed by atoms with Gasteiger partial charge in [-0.05, 0) is 29.7 Å². The van der Waals surface area contributed by atoms with E-state index in [1.165, 1.54) is 11.1 Å². The molecule has 136 valence electrons. The molecule has 3 heteroatoms. The van der Waals surface area contributed by atoms with Crippen molar-refractivity contribution in [2.75, 3.05) is 11.9 Å². The molecule has 1 heterocycles. The van der Waals surface area contributed by atoms with E-state index in [0.717, 1.165) is 17.7 Å². The van der Waals surface area contributed by atoms with Crippen LogP contribution in [0.5, 0.6) is 0 Å².